The lowest BCUT2D eigenvalue weighted by Gasteiger charge is -2.07. The Labute approximate surface area is 115 Å². The van der Waals surface area contributed by atoms with Crippen LogP contribution >= 0.6 is 43.2 Å². The van der Waals surface area contributed by atoms with E-state index in [1.807, 2.05) is 18.2 Å². The SMILES string of the molecule is OC(Cc1cccnc1)c1cc(Br)c(Br)s1. The fourth-order valence-electron chi connectivity index (χ4n) is 1.37. The van der Waals surface area contributed by atoms with Gasteiger partial charge < -0.3 is 5.11 Å². The number of rotatable bonds is 3. The topological polar surface area (TPSA) is 33.1 Å². The number of hydrogen-bond acceptors (Lipinski definition) is 3. The Morgan fingerprint density at radius 1 is 1.44 bits per heavy atom. The monoisotopic (exact) mass is 361 g/mol. The Balaban J connectivity index is 2.11. The highest BCUT2D eigenvalue weighted by atomic mass is 79.9. The van der Waals surface area contributed by atoms with Crippen LogP contribution in [0.15, 0.2) is 38.9 Å². The summed E-state index contributed by atoms with van der Waals surface area (Å²) in [5.74, 6) is 0. The van der Waals surface area contributed by atoms with Gasteiger partial charge in [0.1, 0.15) is 0 Å². The van der Waals surface area contributed by atoms with Crippen molar-refractivity contribution in [2.75, 3.05) is 0 Å². The van der Waals surface area contributed by atoms with Gasteiger partial charge in [0.2, 0.25) is 0 Å². The van der Waals surface area contributed by atoms with E-state index in [0.29, 0.717) is 6.42 Å². The van der Waals surface area contributed by atoms with E-state index < -0.39 is 6.10 Å². The largest absolute Gasteiger partial charge is 0.387 e. The zero-order valence-electron chi connectivity index (χ0n) is 8.23. The van der Waals surface area contributed by atoms with Crippen molar-refractivity contribution in [2.24, 2.45) is 0 Å². The van der Waals surface area contributed by atoms with Gasteiger partial charge in [-0.2, -0.15) is 0 Å². The van der Waals surface area contributed by atoms with E-state index in [1.54, 1.807) is 23.7 Å². The van der Waals surface area contributed by atoms with Gasteiger partial charge in [-0.15, -0.1) is 11.3 Å². The highest BCUT2D eigenvalue weighted by Crippen LogP contribution is 2.36. The number of aliphatic hydroxyl groups is 1. The molecule has 84 valence electrons. The minimum absolute atomic E-state index is 0.475. The fourth-order valence-corrected chi connectivity index (χ4v) is 3.45. The maximum absolute atomic E-state index is 10.1. The molecule has 0 spiro atoms. The van der Waals surface area contributed by atoms with Gasteiger partial charge in [-0.25, -0.2) is 0 Å². The van der Waals surface area contributed by atoms with Gasteiger partial charge in [0.05, 0.1) is 9.89 Å². The molecule has 0 aliphatic rings. The summed E-state index contributed by atoms with van der Waals surface area (Å²) >= 11 is 8.37. The van der Waals surface area contributed by atoms with Crippen molar-refractivity contribution in [3.8, 4) is 0 Å². The van der Waals surface area contributed by atoms with Crippen molar-refractivity contribution >= 4 is 43.2 Å². The molecule has 0 amide bonds. The van der Waals surface area contributed by atoms with Crippen LogP contribution in [0.2, 0.25) is 0 Å². The molecule has 0 aliphatic heterocycles. The summed E-state index contributed by atoms with van der Waals surface area (Å²) in [6, 6.07) is 5.78. The molecule has 0 radical (unpaired) electrons. The predicted molar refractivity (Wildman–Crippen MR) is 72.6 cm³/mol. The normalized spacial score (nSPS) is 12.7. The van der Waals surface area contributed by atoms with E-state index in [2.05, 4.69) is 36.8 Å². The van der Waals surface area contributed by atoms with Crippen LogP contribution in [0.1, 0.15) is 16.5 Å². The number of aliphatic hydroxyl groups excluding tert-OH is 1. The minimum Gasteiger partial charge on any atom is -0.387 e. The van der Waals surface area contributed by atoms with Gasteiger partial charge in [0.25, 0.3) is 0 Å². The van der Waals surface area contributed by atoms with Crippen molar-refractivity contribution in [3.05, 3.63) is 49.3 Å². The van der Waals surface area contributed by atoms with Gasteiger partial charge in [0, 0.05) is 28.2 Å². The number of nitrogens with zero attached hydrogens (tertiary/aromatic N) is 1. The zero-order chi connectivity index (χ0) is 11.5. The van der Waals surface area contributed by atoms with Crippen molar-refractivity contribution in [1.29, 1.82) is 0 Å². The van der Waals surface area contributed by atoms with Crippen LogP contribution in [-0.2, 0) is 6.42 Å². The van der Waals surface area contributed by atoms with Crippen molar-refractivity contribution in [3.63, 3.8) is 0 Å². The van der Waals surface area contributed by atoms with E-state index in [0.717, 1.165) is 18.7 Å². The highest BCUT2D eigenvalue weighted by Gasteiger charge is 2.13. The molecule has 1 unspecified atom stereocenters. The number of halogens is 2. The second-order valence-corrected chi connectivity index (χ2v) is 6.61. The molecule has 0 fully saturated rings. The number of pyridine rings is 1. The average Bonchev–Trinajstić information content (AvgIpc) is 2.61. The van der Waals surface area contributed by atoms with Gasteiger partial charge >= 0.3 is 0 Å². The van der Waals surface area contributed by atoms with E-state index in [-0.39, 0.29) is 0 Å². The Hall–Kier alpha value is -0.230. The number of thiophene rings is 1. The van der Waals surface area contributed by atoms with Crippen LogP contribution in [0, 0.1) is 0 Å². The fraction of sp³-hybridized carbons (Fsp3) is 0.182. The summed E-state index contributed by atoms with van der Waals surface area (Å²) in [6.07, 6.45) is 3.62. The standard InChI is InChI=1S/C11H9Br2NOS/c12-8-5-10(16-11(8)13)9(15)4-7-2-1-3-14-6-7/h1-3,5-6,9,15H,4H2. The lowest BCUT2D eigenvalue weighted by molar-refractivity contribution is 0.182. The first-order valence-electron chi connectivity index (χ1n) is 4.68. The smallest absolute Gasteiger partial charge is 0.0923 e. The maximum atomic E-state index is 10.1. The van der Waals surface area contributed by atoms with Crippen LogP contribution in [-0.4, -0.2) is 10.1 Å². The molecule has 5 heteroatoms. The van der Waals surface area contributed by atoms with Crippen LogP contribution in [0.3, 0.4) is 0 Å². The average molecular weight is 363 g/mol. The first-order valence-corrected chi connectivity index (χ1v) is 7.09. The van der Waals surface area contributed by atoms with Crippen LogP contribution < -0.4 is 0 Å². The lowest BCUT2D eigenvalue weighted by atomic mass is 10.1. The third-order valence-corrected chi connectivity index (χ3v) is 5.50. The Morgan fingerprint density at radius 2 is 2.25 bits per heavy atom. The van der Waals surface area contributed by atoms with E-state index in [4.69, 9.17) is 0 Å². The van der Waals surface area contributed by atoms with E-state index in [9.17, 15) is 5.11 Å². The first kappa shape index (κ1) is 12.2. The molecule has 2 rings (SSSR count). The van der Waals surface area contributed by atoms with Gasteiger partial charge in [-0.05, 0) is 49.6 Å². The Morgan fingerprint density at radius 3 is 2.81 bits per heavy atom. The van der Waals surface area contributed by atoms with E-state index >= 15 is 0 Å². The highest BCUT2D eigenvalue weighted by molar-refractivity contribution is 9.13. The maximum Gasteiger partial charge on any atom is 0.0923 e. The molecular formula is C11H9Br2NOS. The molecule has 0 saturated carbocycles. The predicted octanol–water partition coefficient (Wildman–Crippen LogP) is 3.94. The summed E-state index contributed by atoms with van der Waals surface area (Å²) in [5.41, 5.74) is 1.04. The summed E-state index contributed by atoms with van der Waals surface area (Å²) < 4.78 is 1.99. The second-order valence-electron chi connectivity index (χ2n) is 3.35. The number of aromatic nitrogens is 1. The third kappa shape index (κ3) is 2.91. The molecule has 2 nitrogen and oxygen atoms in total. The summed E-state index contributed by atoms with van der Waals surface area (Å²) in [4.78, 5) is 4.97. The summed E-state index contributed by atoms with van der Waals surface area (Å²) in [5, 5.41) is 10.1. The van der Waals surface area contributed by atoms with Gasteiger partial charge in [-0.3, -0.25) is 4.98 Å². The third-order valence-electron chi connectivity index (χ3n) is 2.14. The molecule has 2 aromatic rings. The van der Waals surface area contributed by atoms with Gasteiger partial charge in [-0.1, -0.05) is 6.07 Å². The molecule has 2 heterocycles. The van der Waals surface area contributed by atoms with Crippen LogP contribution in [0.5, 0.6) is 0 Å². The Bertz CT molecular complexity index is 453. The van der Waals surface area contributed by atoms with E-state index in [1.165, 1.54) is 0 Å². The van der Waals surface area contributed by atoms with Gasteiger partial charge in [0.15, 0.2) is 0 Å². The van der Waals surface area contributed by atoms with Crippen molar-refractivity contribution in [1.82, 2.24) is 4.98 Å². The molecule has 0 aliphatic carbocycles. The molecule has 1 N–H and O–H groups in total. The zero-order valence-corrected chi connectivity index (χ0v) is 12.2. The molecule has 16 heavy (non-hydrogen) atoms. The quantitative estimate of drug-likeness (QED) is 0.896. The number of hydrogen-bond donors (Lipinski definition) is 1. The second kappa shape index (κ2) is 5.40. The van der Waals surface area contributed by atoms with Crippen molar-refractivity contribution < 1.29 is 5.11 Å². The molecule has 0 aromatic carbocycles. The minimum atomic E-state index is -0.475. The lowest BCUT2D eigenvalue weighted by Crippen LogP contribution is -1.99. The first-order chi connectivity index (χ1) is 7.66. The molecule has 1 atom stereocenters. The van der Waals surface area contributed by atoms with Crippen LogP contribution in [0.4, 0.5) is 0 Å². The molecular weight excluding hydrogens is 354 g/mol. The van der Waals surface area contributed by atoms with Crippen molar-refractivity contribution in [2.45, 2.75) is 12.5 Å². The Kier molecular flexibility index (Phi) is 4.13. The molecule has 2 aromatic heterocycles. The summed E-state index contributed by atoms with van der Waals surface area (Å²) in [7, 11) is 0. The summed E-state index contributed by atoms with van der Waals surface area (Å²) in [6.45, 7) is 0. The molecule has 0 bridgehead atoms. The molecule has 0 saturated heterocycles. The van der Waals surface area contributed by atoms with Crippen LogP contribution in [0.25, 0.3) is 0 Å².